The summed E-state index contributed by atoms with van der Waals surface area (Å²) in [6.45, 7) is 9.78. The number of aromatic nitrogens is 4. The SMILES string of the molecule is CC(=O)c1c(C)cc(C)c(CSc2nnnn2-c2ccc(C)cc2)c1C. The van der Waals surface area contributed by atoms with Crippen LogP contribution in [0.5, 0.6) is 0 Å². The van der Waals surface area contributed by atoms with Crippen LogP contribution in [0.2, 0.25) is 0 Å². The van der Waals surface area contributed by atoms with E-state index in [0.29, 0.717) is 5.75 Å². The standard InChI is InChI=1S/C20H22N4OS/c1-12-6-8-17(9-7-12)24-20(21-22-23-24)26-11-18-13(2)10-14(3)19(15(18)4)16(5)25/h6-10H,11H2,1-5H3. The summed E-state index contributed by atoms with van der Waals surface area (Å²) >= 11 is 1.58. The Labute approximate surface area is 157 Å². The van der Waals surface area contributed by atoms with Crippen LogP contribution in [0.3, 0.4) is 0 Å². The van der Waals surface area contributed by atoms with E-state index in [4.69, 9.17) is 0 Å². The molecule has 0 saturated heterocycles. The van der Waals surface area contributed by atoms with Crippen LogP contribution in [0.4, 0.5) is 0 Å². The van der Waals surface area contributed by atoms with E-state index in [-0.39, 0.29) is 5.78 Å². The Balaban J connectivity index is 1.89. The Morgan fingerprint density at radius 1 is 1.08 bits per heavy atom. The van der Waals surface area contributed by atoms with Gasteiger partial charge in [0.25, 0.3) is 0 Å². The highest BCUT2D eigenvalue weighted by atomic mass is 32.2. The molecule has 0 amide bonds. The van der Waals surface area contributed by atoms with Gasteiger partial charge in [-0.2, -0.15) is 4.68 Å². The maximum absolute atomic E-state index is 12.0. The van der Waals surface area contributed by atoms with Gasteiger partial charge in [-0.25, -0.2) is 0 Å². The molecule has 5 nitrogen and oxygen atoms in total. The molecule has 6 heteroatoms. The molecule has 1 aromatic heterocycles. The summed E-state index contributed by atoms with van der Waals surface area (Å²) in [7, 11) is 0. The predicted octanol–water partition coefficient (Wildman–Crippen LogP) is 4.39. The molecule has 3 rings (SSSR count). The van der Waals surface area contributed by atoms with Gasteiger partial charge >= 0.3 is 0 Å². The zero-order chi connectivity index (χ0) is 18.8. The molecule has 0 saturated carbocycles. The maximum Gasteiger partial charge on any atom is 0.214 e. The van der Waals surface area contributed by atoms with E-state index in [1.807, 2.05) is 38.1 Å². The topological polar surface area (TPSA) is 60.7 Å². The molecular weight excluding hydrogens is 344 g/mol. The number of ketones is 1. The highest BCUT2D eigenvalue weighted by molar-refractivity contribution is 7.98. The average Bonchev–Trinajstić information content (AvgIpc) is 3.03. The van der Waals surface area contributed by atoms with Crippen LogP contribution in [0.15, 0.2) is 35.5 Å². The lowest BCUT2D eigenvalue weighted by molar-refractivity contribution is 0.101. The highest BCUT2D eigenvalue weighted by Crippen LogP contribution is 2.29. The molecule has 26 heavy (non-hydrogen) atoms. The lowest BCUT2D eigenvalue weighted by Crippen LogP contribution is -2.06. The summed E-state index contributed by atoms with van der Waals surface area (Å²) in [6.07, 6.45) is 0. The molecule has 1 heterocycles. The molecule has 2 aromatic carbocycles. The molecule has 0 atom stereocenters. The first-order chi connectivity index (χ1) is 12.4. The summed E-state index contributed by atoms with van der Waals surface area (Å²) in [5, 5.41) is 12.8. The number of benzene rings is 2. The summed E-state index contributed by atoms with van der Waals surface area (Å²) in [6, 6.07) is 10.2. The molecule has 0 bridgehead atoms. The van der Waals surface area contributed by atoms with Crippen molar-refractivity contribution in [2.45, 2.75) is 45.5 Å². The van der Waals surface area contributed by atoms with Crippen molar-refractivity contribution in [3.63, 3.8) is 0 Å². The number of carbonyl (C=O) groups is 1. The van der Waals surface area contributed by atoms with Crippen molar-refractivity contribution in [2.24, 2.45) is 0 Å². The number of rotatable bonds is 5. The van der Waals surface area contributed by atoms with Crippen LogP contribution in [0, 0.1) is 27.7 Å². The second kappa shape index (κ2) is 7.41. The maximum atomic E-state index is 12.0. The third-order valence-electron chi connectivity index (χ3n) is 4.55. The quantitative estimate of drug-likeness (QED) is 0.495. The lowest BCUT2D eigenvalue weighted by Gasteiger charge is -2.15. The molecule has 0 spiro atoms. The molecule has 0 radical (unpaired) electrons. The van der Waals surface area contributed by atoms with Gasteiger partial charge in [0.2, 0.25) is 5.16 Å². The Kier molecular flexibility index (Phi) is 5.23. The molecular formula is C20H22N4OS. The van der Waals surface area contributed by atoms with Crippen LogP contribution in [-0.2, 0) is 5.75 Å². The van der Waals surface area contributed by atoms with Crippen molar-refractivity contribution in [3.05, 3.63) is 63.7 Å². The Morgan fingerprint density at radius 2 is 1.77 bits per heavy atom. The monoisotopic (exact) mass is 366 g/mol. The number of thioether (sulfide) groups is 1. The van der Waals surface area contributed by atoms with Crippen LogP contribution < -0.4 is 0 Å². The number of hydrogen-bond donors (Lipinski definition) is 0. The number of tetrazole rings is 1. The molecule has 0 N–H and O–H groups in total. The Bertz CT molecular complexity index is 961. The Hall–Kier alpha value is -2.47. The molecule has 0 unspecified atom stereocenters. The minimum absolute atomic E-state index is 0.107. The number of nitrogens with zero attached hydrogens (tertiary/aromatic N) is 4. The highest BCUT2D eigenvalue weighted by Gasteiger charge is 2.16. The molecule has 3 aromatic rings. The summed E-state index contributed by atoms with van der Waals surface area (Å²) in [5.41, 5.74) is 7.40. The number of hydrogen-bond acceptors (Lipinski definition) is 5. The normalized spacial score (nSPS) is 11.0. The Morgan fingerprint density at radius 3 is 2.42 bits per heavy atom. The first kappa shape index (κ1) is 18.3. The van der Waals surface area contributed by atoms with Crippen molar-refractivity contribution < 1.29 is 4.79 Å². The van der Waals surface area contributed by atoms with Crippen molar-refractivity contribution in [3.8, 4) is 5.69 Å². The first-order valence-electron chi connectivity index (χ1n) is 8.47. The number of carbonyl (C=O) groups excluding carboxylic acids is 1. The zero-order valence-electron chi connectivity index (χ0n) is 15.7. The van der Waals surface area contributed by atoms with Gasteiger partial charge in [0.05, 0.1) is 5.69 Å². The van der Waals surface area contributed by atoms with Gasteiger partial charge in [-0.15, -0.1) is 5.10 Å². The average molecular weight is 366 g/mol. The largest absolute Gasteiger partial charge is 0.294 e. The second-order valence-electron chi connectivity index (χ2n) is 6.54. The van der Waals surface area contributed by atoms with Crippen molar-refractivity contribution in [1.82, 2.24) is 20.2 Å². The van der Waals surface area contributed by atoms with Gasteiger partial charge in [-0.1, -0.05) is 35.5 Å². The van der Waals surface area contributed by atoms with Crippen LogP contribution in [0.1, 0.15) is 45.1 Å². The third kappa shape index (κ3) is 3.55. The molecule has 0 aliphatic heterocycles. The van der Waals surface area contributed by atoms with Gasteiger partial charge in [0.15, 0.2) is 5.78 Å². The second-order valence-corrected chi connectivity index (χ2v) is 7.49. The van der Waals surface area contributed by atoms with E-state index in [9.17, 15) is 4.79 Å². The van der Waals surface area contributed by atoms with E-state index in [0.717, 1.165) is 27.5 Å². The predicted molar refractivity (Wildman–Crippen MR) is 104 cm³/mol. The van der Waals surface area contributed by atoms with Crippen LogP contribution >= 0.6 is 11.8 Å². The minimum Gasteiger partial charge on any atom is -0.294 e. The van der Waals surface area contributed by atoms with Crippen molar-refractivity contribution in [2.75, 3.05) is 0 Å². The van der Waals surface area contributed by atoms with Gasteiger partial charge < -0.3 is 0 Å². The summed E-state index contributed by atoms with van der Waals surface area (Å²) < 4.78 is 1.74. The van der Waals surface area contributed by atoms with E-state index in [1.54, 1.807) is 23.4 Å². The zero-order valence-corrected chi connectivity index (χ0v) is 16.5. The van der Waals surface area contributed by atoms with Crippen molar-refractivity contribution in [1.29, 1.82) is 0 Å². The molecule has 0 aliphatic carbocycles. The lowest BCUT2D eigenvalue weighted by atomic mass is 9.92. The number of Topliss-reactive ketones (excluding diaryl/α,β-unsaturated/α-hetero) is 1. The first-order valence-corrected chi connectivity index (χ1v) is 9.46. The third-order valence-corrected chi connectivity index (χ3v) is 5.49. The molecule has 134 valence electrons. The van der Waals surface area contributed by atoms with Gasteiger partial charge in [0, 0.05) is 11.3 Å². The fourth-order valence-corrected chi connectivity index (χ4v) is 4.32. The van der Waals surface area contributed by atoms with Crippen LogP contribution in [-0.4, -0.2) is 26.0 Å². The van der Waals surface area contributed by atoms with E-state index >= 15 is 0 Å². The summed E-state index contributed by atoms with van der Waals surface area (Å²) in [4.78, 5) is 12.0. The van der Waals surface area contributed by atoms with Crippen LogP contribution in [0.25, 0.3) is 5.69 Å². The van der Waals surface area contributed by atoms with E-state index in [2.05, 4.69) is 35.4 Å². The smallest absolute Gasteiger partial charge is 0.214 e. The molecule has 0 fully saturated rings. The van der Waals surface area contributed by atoms with E-state index in [1.165, 1.54) is 16.7 Å². The van der Waals surface area contributed by atoms with E-state index < -0.39 is 0 Å². The summed E-state index contributed by atoms with van der Waals surface area (Å²) in [5.74, 6) is 0.820. The fourth-order valence-electron chi connectivity index (χ4n) is 3.24. The number of aryl methyl sites for hydroxylation is 3. The van der Waals surface area contributed by atoms with Gasteiger partial charge in [-0.3, -0.25) is 4.79 Å². The van der Waals surface area contributed by atoms with Crippen molar-refractivity contribution >= 4 is 17.5 Å². The fraction of sp³-hybridized carbons (Fsp3) is 0.300. The van der Waals surface area contributed by atoms with Gasteiger partial charge in [-0.05, 0) is 79.4 Å². The minimum atomic E-state index is 0.107. The van der Waals surface area contributed by atoms with Gasteiger partial charge in [0.1, 0.15) is 0 Å². The molecule has 0 aliphatic rings.